The number of nitrogens with zero attached hydrogens (tertiary/aromatic N) is 1. The Morgan fingerprint density at radius 2 is 1.96 bits per heavy atom. The summed E-state index contributed by atoms with van der Waals surface area (Å²) in [6, 6.07) is 12.9. The summed E-state index contributed by atoms with van der Waals surface area (Å²) in [7, 11) is 1.43. The van der Waals surface area contributed by atoms with Crippen molar-refractivity contribution in [3.8, 4) is 17.1 Å². The Morgan fingerprint density at radius 3 is 2.63 bits per heavy atom. The van der Waals surface area contributed by atoms with Gasteiger partial charge >= 0.3 is 0 Å². The summed E-state index contributed by atoms with van der Waals surface area (Å²) in [5.74, 6) is 0.197. The van der Waals surface area contributed by atoms with Crippen molar-refractivity contribution >= 4 is 33.2 Å². The van der Waals surface area contributed by atoms with Gasteiger partial charge in [-0.25, -0.2) is 0 Å². The molecular formula is C19H15BrN2O5. The van der Waals surface area contributed by atoms with Gasteiger partial charge in [-0.15, -0.1) is 0 Å². The van der Waals surface area contributed by atoms with Gasteiger partial charge in [0.1, 0.15) is 11.5 Å². The number of hydrogen-bond donors (Lipinski definition) is 1. The number of aryl methyl sites for hydroxylation is 1. The van der Waals surface area contributed by atoms with Gasteiger partial charge < -0.3 is 14.5 Å². The zero-order valence-electron chi connectivity index (χ0n) is 14.5. The quantitative estimate of drug-likeness (QED) is 0.443. The van der Waals surface area contributed by atoms with E-state index >= 15 is 0 Å². The van der Waals surface area contributed by atoms with Gasteiger partial charge in [0.15, 0.2) is 5.76 Å². The molecule has 7 nitrogen and oxygen atoms in total. The van der Waals surface area contributed by atoms with Crippen molar-refractivity contribution in [1.29, 1.82) is 0 Å². The molecule has 0 aliphatic rings. The maximum atomic E-state index is 12.4. The second-order valence-electron chi connectivity index (χ2n) is 5.72. The number of nitro benzene ring substituents is 1. The number of carbonyl (C=O) groups is 1. The largest absolute Gasteiger partial charge is 0.497 e. The predicted molar refractivity (Wildman–Crippen MR) is 104 cm³/mol. The molecule has 1 amide bonds. The lowest BCUT2D eigenvalue weighted by molar-refractivity contribution is -0.384. The third-order valence-corrected chi connectivity index (χ3v) is 4.43. The lowest BCUT2D eigenvalue weighted by Gasteiger charge is -2.07. The highest BCUT2D eigenvalue weighted by molar-refractivity contribution is 9.10. The number of amides is 1. The van der Waals surface area contributed by atoms with Gasteiger partial charge in [0.2, 0.25) is 0 Å². The van der Waals surface area contributed by atoms with Gasteiger partial charge in [0.25, 0.3) is 11.6 Å². The molecule has 27 heavy (non-hydrogen) atoms. The van der Waals surface area contributed by atoms with Crippen molar-refractivity contribution in [2.24, 2.45) is 0 Å². The number of carbonyl (C=O) groups excluding carboxylic acids is 1. The van der Waals surface area contributed by atoms with E-state index in [-0.39, 0.29) is 22.8 Å². The number of furan rings is 1. The number of anilines is 1. The monoisotopic (exact) mass is 430 g/mol. The molecule has 0 unspecified atom stereocenters. The summed E-state index contributed by atoms with van der Waals surface area (Å²) in [6.07, 6.45) is 0. The van der Waals surface area contributed by atoms with Crippen LogP contribution in [0.4, 0.5) is 11.4 Å². The highest BCUT2D eigenvalue weighted by Crippen LogP contribution is 2.34. The van der Waals surface area contributed by atoms with Crippen molar-refractivity contribution < 1.29 is 18.9 Å². The molecule has 2 aromatic carbocycles. The normalized spacial score (nSPS) is 10.5. The van der Waals surface area contributed by atoms with Crippen LogP contribution in [0.1, 0.15) is 16.1 Å². The van der Waals surface area contributed by atoms with Crippen LogP contribution in [-0.4, -0.2) is 17.9 Å². The van der Waals surface area contributed by atoms with Gasteiger partial charge in [0, 0.05) is 10.2 Å². The fraction of sp³-hybridized carbons (Fsp3) is 0.105. The van der Waals surface area contributed by atoms with Gasteiger partial charge in [-0.3, -0.25) is 14.9 Å². The van der Waals surface area contributed by atoms with E-state index in [0.717, 1.165) is 10.0 Å². The van der Waals surface area contributed by atoms with Crippen LogP contribution in [0.25, 0.3) is 11.3 Å². The standard InChI is InChI=1S/C19H15BrN2O5/c1-11-9-12(20)3-6-15(11)21-19(23)18-8-7-17(27-18)14-5-4-13(26-2)10-16(14)22(24)25/h3-10H,1-2H3,(H,21,23). The van der Waals surface area contributed by atoms with Crippen LogP contribution in [-0.2, 0) is 0 Å². The highest BCUT2D eigenvalue weighted by Gasteiger charge is 2.21. The fourth-order valence-electron chi connectivity index (χ4n) is 2.55. The molecule has 0 saturated heterocycles. The molecule has 0 atom stereocenters. The summed E-state index contributed by atoms with van der Waals surface area (Å²) >= 11 is 3.37. The second kappa shape index (κ2) is 7.63. The van der Waals surface area contributed by atoms with Gasteiger partial charge in [0.05, 0.1) is 23.7 Å². The van der Waals surface area contributed by atoms with Crippen molar-refractivity contribution in [3.05, 3.63) is 74.4 Å². The molecule has 0 fully saturated rings. The molecule has 0 saturated carbocycles. The smallest absolute Gasteiger partial charge is 0.291 e. The lowest BCUT2D eigenvalue weighted by atomic mass is 10.1. The third-order valence-electron chi connectivity index (χ3n) is 3.93. The number of ether oxygens (including phenoxy) is 1. The van der Waals surface area contributed by atoms with E-state index in [9.17, 15) is 14.9 Å². The first-order valence-electron chi connectivity index (χ1n) is 7.89. The minimum atomic E-state index is -0.523. The van der Waals surface area contributed by atoms with Gasteiger partial charge in [-0.05, 0) is 55.0 Å². The minimum Gasteiger partial charge on any atom is -0.497 e. The number of nitro groups is 1. The lowest BCUT2D eigenvalue weighted by Crippen LogP contribution is -2.11. The van der Waals surface area contributed by atoms with Crippen LogP contribution < -0.4 is 10.1 Å². The number of hydrogen-bond acceptors (Lipinski definition) is 5. The maximum Gasteiger partial charge on any atom is 0.291 e. The number of methoxy groups -OCH3 is 1. The summed E-state index contributed by atoms with van der Waals surface area (Å²) in [5, 5.41) is 14.1. The van der Waals surface area contributed by atoms with E-state index in [4.69, 9.17) is 9.15 Å². The Kier molecular flexibility index (Phi) is 5.27. The van der Waals surface area contributed by atoms with Crippen molar-refractivity contribution in [2.75, 3.05) is 12.4 Å². The molecule has 0 spiro atoms. The summed E-state index contributed by atoms with van der Waals surface area (Å²) in [6.45, 7) is 1.87. The van der Waals surface area contributed by atoms with Gasteiger partial charge in [-0.2, -0.15) is 0 Å². The Labute approximate surface area is 163 Å². The second-order valence-corrected chi connectivity index (χ2v) is 6.63. The van der Waals surface area contributed by atoms with E-state index in [1.165, 1.54) is 31.4 Å². The predicted octanol–water partition coefficient (Wildman–Crippen LogP) is 5.19. The molecule has 138 valence electrons. The molecule has 0 radical (unpaired) electrons. The highest BCUT2D eigenvalue weighted by atomic mass is 79.9. The molecule has 3 rings (SSSR count). The van der Waals surface area contributed by atoms with Crippen LogP contribution in [0.2, 0.25) is 0 Å². The Bertz CT molecular complexity index is 1030. The first-order chi connectivity index (χ1) is 12.9. The molecular weight excluding hydrogens is 416 g/mol. The van der Waals surface area contributed by atoms with Gasteiger partial charge in [-0.1, -0.05) is 15.9 Å². The van der Waals surface area contributed by atoms with Crippen LogP contribution in [0, 0.1) is 17.0 Å². The topological polar surface area (TPSA) is 94.6 Å². The molecule has 3 aromatic rings. The first-order valence-corrected chi connectivity index (χ1v) is 8.68. The summed E-state index contributed by atoms with van der Waals surface area (Å²) in [4.78, 5) is 23.3. The van der Waals surface area contributed by atoms with E-state index in [0.29, 0.717) is 11.4 Å². The van der Waals surface area contributed by atoms with Crippen LogP contribution >= 0.6 is 15.9 Å². The zero-order valence-corrected chi connectivity index (χ0v) is 16.1. The average Bonchev–Trinajstić information content (AvgIpc) is 3.13. The molecule has 1 aromatic heterocycles. The Morgan fingerprint density at radius 1 is 1.19 bits per heavy atom. The molecule has 0 aliphatic heterocycles. The summed E-state index contributed by atoms with van der Waals surface area (Å²) in [5.41, 5.74) is 1.63. The van der Waals surface area contributed by atoms with Crippen molar-refractivity contribution in [3.63, 3.8) is 0 Å². The van der Waals surface area contributed by atoms with Crippen molar-refractivity contribution in [1.82, 2.24) is 0 Å². The van der Waals surface area contributed by atoms with E-state index in [2.05, 4.69) is 21.2 Å². The maximum absolute atomic E-state index is 12.4. The van der Waals surface area contributed by atoms with Crippen LogP contribution in [0.5, 0.6) is 5.75 Å². The molecule has 0 aliphatic carbocycles. The average molecular weight is 431 g/mol. The van der Waals surface area contributed by atoms with Crippen LogP contribution in [0.3, 0.4) is 0 Å². The number of benzene rings is 2. The molecule has 1 heterocycles. The molecule has 0 bridgehead atoms. The molecule has 8 heteroatoms. The fourth-order valence-corrected chi connectivity index (χ4v) is 3.03. The number of nitrogens with one attached hydrogen (secondary N) is 1. The SMILES string of the molecule is COc1ccc(-c2ccc(C(=O)Nc3ccc(Br)cc3C)o2)c([N+](=O)[O-])c1. The third kappa shape index (κ3) is 4.01. The van der Waals surface area contributed by atoms with E-state index in [1.807, 2.05) is 19.1 Å². The van der Waals surface area contributed by atoms with E-state index < -0.39 is 10.8 Å². The van der Waals surface area contributed by atoms with Crippen LogP contribution in [0.15, 0.2) is 57.4 Å². The Hall–Kier alpha value is -3.13. The number of halogens is 1. The van der Waals surface area contributed by atoms with Crippen molar-refractivity contribution in [2.45, 2.75) is 6.92 Å². The minimum absolute atomic E-state index is 0.0532. The zero-order chi connectivity index (χ0) is 19.6. The number of rotatable bonds is 5. The summed E-state index contributed by atoms with van der Waals surface area (Å²) < 4.78 is 11.5. The van der Waals surface area contributed by atoms with E-state index in [1.54, 1.807) is 12.1 Å². The molecule has 1 N–H and O–H groups in total. The Balaban J connectivity index is 1.88. The first kappa shape index (κ1) is 18.7.